The molecule has 0 atom stereocenters. The van der Waals surface area contributed by atoms with Crippen molar-refractivity contribution in [1.82, 2.24) is 30.4 Å². The molecule has 2 amide bonds. The lowest BCUT2D eigenvalue weighted by atomic mass is 10.4. The Morgan fingerprint density at radius 3 is 2.78 bits per heavy atom. The van der Waals surface area contributed by atoms with Gasteiger partial charge in [-0.2, -0.15) is 0 Å². The topological polar surface area (TPSA) is 102 Å². The van der Waals surface area contributed by atoms with Crippen molar-refractivity contribution in [2.75, 3.05) is 38.6 Å². The summed E-state index contributed by atoms with van der Waals surface area (Å²) in [6, 6.07) is 0.181. The summed E-state index contributed by atoms with van der Waals surface area (Å²) in [5.74, 6) is 1.31. The van der Waals surface area contributed by atoms with Gasteiger partial charge in [0.2, 0.25) is 11.8 Å². The zero-order valence-corrected chi connectivity index (χ0v) is 14.2. The van der Waals surface area contributed by atoms with E-state index in [0.717, 1.165) is 5.82 Å². The van der Waals surface area contributed by atoms with Crippen molar-refractivity contribution >= 4 is 23.6 Å². The minimum absolute atomic E-state index is 0.0309. The van der Waals surface area contributed by atoms with Gasteiger partial charge >= 0.3 is 0 Å². The normalized spacial score (nSPS) is 15.0. The van der Waals surface area contributed by atoms with Gasteiger partial charge in [0.1, 0.15) is 0 Å². The molecule has 9 nitrogen and oxygen atoms in total. The number of amides is 2. The molecule has 1 aliphatic rings. The number of carbonyl (C=O) groups is 2. The van der Waals surface area contributed by atoms with Crippen LogP contribution in [-0.4, -0.2) is 75.5 Å². The second kappa shape index (κ2) is 8.82. The van der Waals surface area contributed by atoms with E-state index in [0.29, 0.717) is 32.1 Å². The second-order valence-corrected chi connectivity index (χ2v) is 6.38. The number of tetrazole rings is 1. The molecule has 0 saturated carbocycles. The van der Waals surface area contributed by atoms with Gasteiger partial charge in [-0.15, -0.1) is 16.9 Å². The number of carbonyl (C=O) groups excluding carboxylic acids is 2. The zero-order valence-electron chi connectivity index (χ0n) is 13.4. The highest BCUT2D eigenvalue weighted by Crippen LogP contribution is 2.12. The SMILES string of the molecule is CC(C)n1nnnc1CSCC(=O)NCC(=O)N1CCOCC1. The first-order valence-electron chi connectivity index (χ1n) is 7.54. The smallest absolute Gasteiger partial charge is 0.242 e. The van der Waals surface area contributed by atoms with Crippen molar-refractivity contribution in [3.63, 3.8) is 0 Å². The predicted octanol–water partition coefficient (Wildman–Crippen LogP) is -0.538. The number of hydrogen-bond acceptors (Lipinski definition) is 7. The van der Waals surface area contributed by atoms with Gasteiger partial charge in [0.25, 0.3) is 0 Å². The first-order valence-corrected chi connectivity index (χ1v) is 8.70. The van der Waals surface area contributed by atoms with E-state index < -0.39 is 0 Å². The molecule has 0 spiro atoms. The summed E-state index contributed by atoms with van der Waals surface area (Å²) < 4.78 is 6.92. The van der Waals surface area contributed by atoms with E-state index in [2.05, 4.69) is 20.8 Å². The summed E-state index contributed by atoms with van der Waals surface area (Å²) >= 11 is 1.42. The van der Waals surface area contributed by atoms with Crippen LogP contribution in [0.25, 0.3) is 0 Å². The van der Waals surface area contributed by atoms with Crippen molar-refractivity contribution in [3.8, 4) is 0 Å². The fourth-order valence-electron chi connectivity index (χ4n) is 2.09. The Kier molecular flexibility index (Phi) is 6.78. The van der Waals surface area contributed by atoms with E-state index in [-0.39, 0.29) is 30.2 Å². The Morgan fingerprint density at radius 1 is 1.35 bits per heavy atom. The van der Waals surface area contributed by atoms with Gasteiger partial charge in [-0.1, -0.05) is 0 Å². The van der Waals surface area contributed by atoms with Gasteiger partial charge in [0.15, 0.2) is 5.82 Å². The molecule has 0 unspecified atom stereocenters. The molecule has 0 radical (unpaired) electrons. The highest BCUT2D eigenvalue weighted by Gasteiger charge is 2.17. The van der Waals surface area contributed by atoms with Crippen LogP contribution < -0.4 is 5.32 Å². The first-order chi connectivity index (χ1) is 11.1. The van der Waals surface area contributed by atoms with Crippen molar-refractivity contribution < 1.29 is 14.3 Å². The Bertz CT molecular complexity index is 530. The summed E-state index contributed by atoms with van der Waals surface area (Å²) in [6.07, 6.45) is 0. The summed E-state index contributed by atoms with van der Waals surface area (Å²) in [6.45, 7) is 6.30. The molecule has 1 aliphatic heterocycles. The Morgan fingerprint density at radius 2 is 2.09 bits per heavy atom. The Labute approximate surface area is 139 Å². The molecule has 0 aliphatic carbocycles. The third kappa shape index (κ3) is 5.47. The molecule has 0 aromatic carbocycles. The number of nitrogens with zero attached hydrogens (tertiary/aromatic N) is 5. The van der Waals surface area contributed by atoms with Crippen molar-refractivity contribution in [1.29, 1.82) is 0 Å². The minimum atomic E-state index is -0.166. The standard InChI is InChI=1S/C13H22N6O3S/c1-10(2)19-11(15-16-17-19)8-23-9-12(20)14-7-13(21)18-3-5-22-6-4-18/h10H,3-9H2,1-2H3,(H,14,20). The molecule has 1 aromatic rings. The molecule has 2 rings (SSSR count). The third-order valence-corrected chi connectivity index (χ3v) is 4.24. The molecule has 1 fully saturated rings. The van der Waals surface area contributed by atoms with Crippen molar-refractivity contribution in [2.45, 2.75) is 25.6 Å². The van der Waals surface area contributed by atoms with Crippen LogP contribution in [0.5, 0.6) is 0 Å². The first kappa shape index (κ1) is 17.7. The monoisotopic (exact) mass is 342 g/mol. The van der Waals surface area contributed by atoms with E-state index in [1.54, 1.807) is 9.58 Å². The lowest BCUT2D eigenvalue weighted by Crippen LogP contribution is -2.45. The molecular formula is C13H22N6O3S. The summed E-state index contributed by atoms with van der Waals surface area (Å²) in [5.41, 5.74) is 0. The number of nitrogens with one attached hydrogen (secondary N) is 1. The number of ether oxygens (including phenoxy) is 1. The number of rotatable bonds is 7. The van der Waals surface area contributed by atoms with Crippen LogP contribution >= 0.6 is 11.8 Å². The van der Waals surface area contributed by atoms with Gasteiger partial charge in [-0.05, 0) is 24.3 Å². The van der Waals surface area contributed by atoms with Crippen LogP contribution in [0.1, 0.15) is 25.7 Å². The van der Waals surface area contributed by atoms with Gasteiger partial charge in [0, 0.05) is 13.1 Å². The summed E-state index contributed by atoms with van der Waals surface area (Å²) in [4.78, 5) is 25.4. The summed E-state index contributed by atoms with van der Waals surface area (Å²) in [5, 5.41) is 14.1. The lowest BCUT2D eigenvalue weighted by Gasteiger charge is -2.26. The van der Waals surface area contributed by atoms with E-state index >= 15 is 0 Å². The number of thioether (sulfide) groups is 1. The number of morpholine rings is 1. The van der Waals surface area contributed by atoms with Crippen LogP contribution in [0.4, 0.5) is 0 Å². The molecule has 128 valence electrons. The van der Waals surface area contributed by atoms with Gasteiger partial charge < -0.3 is 15.0 Å². The van der Waals surface area contributed by atoms with Crippen LogP contribution in [0.3, 0.4) is 0 Å². The largest absolute Gasteiger partial charge is 0.378 e. The zero-order chi connectivity index (χ0) is 16.7. The molecule has 1 aromatic heterocycles. The maximum absolute atomic E-state index is 11.9. The van der Waals surface area contributed by atoms with Crippen LogP contribution in [0, 0.1) is 0 Å². The summed E-state index contributed by atoms with van der Waals surface area (Å²) in [7, 11) is 0. The van der Waals surface area contributed by atoms with E-state index in [9.17, 15) is 9.59 Å². The molecule has 10 heteroatoms. The van der Waals surface area contributed by atoms with Gasteiger partial charge in [-0.3, -0.25) is 9.59 Å². The number of hydrogen-bond donors (Lipinski definition) is 1. The highest BCUT2D eigenvalue weighted by molar-refractivity contribution is 7.99. The van der Waals surface area contributed by atoms with Crippen molar-refractivity contribution in [2.24, 2.45) is 0 Å². The lowest BCUT2D eigenvalue weighted by molar-refractivity contribution is -0.135. The van der Waals surface area contributed by atoms with Gasteiger partial charge in [0.05, 0.1) is 37.3 Å². The second-order valence-electron chi connectivity index (χ2n) is 5.40. The average Bonchev–Trinajstić information content (AvgIpc) is 3.02. The fourth-order valence-corrected chi connectivity index (χ4v) is 2.86. The molecule has 23 heavy (non-hydrogen) atoms. The molecule has 0 bridgehead atoms. The molecule has 1 saturated heterocycles. The Hall–Kier alpha value is -1.68. The van der Waals surface area contributed by atoms with Crippen LogP contribution in [-0.2, 0) is 20.1 Å². The van der Waals surface area contributed by atoms with Crippen LogP contribution in [0.2, 0.25) is 0 Å². The van der Waals surface area contributed by atoms with E-state index in [1.165, 1.54) is 11.8 Å². The predicted molar refractivity (Wildman–Crippen MR) is 84.8 cm³/mol. The van der Waals surface area contributed by atoms with E-state index in [1.807, 2.05) is 13.8 Å². The number of aromatic nitrogens is 4. The quantitative estimate of drug-likeness (QED) is 0.710. The minimum Gasteiger partial charge on any atom is -0.378 e. The average molecular weight is 342 g/mol. The molecular weight excluding hydrogens is 320 g/mol. The highest BCUT2D eigenvalue weighted by atomic mass is 32.2. The van der Waals surface area contributed by atoms with Gasteiger partial charge in [-0.25, -0.2) is 4.68 Å². The van der Waals surface area contributed by atoms with Crippen molar-refractivity contribution in [3.05, 3.63) is 5.82 Å². The molecule has 2 heterocycles. The fraction of sp³-hybridized carbons (Fsp3) is 0.769. The van der Waals surface area contributed by atoms with E-state index in [4.69, 9.17) is 4.74 Å². The molecule has 1 N–H and O–H groups in total. The third-order valence-electron chi connectivity index (χ3n) is 3.31. The van der Waals surface area contributed by atoms with Crippen LogP contribution in [0.15, 0.2) is 0 Å². The maximum atomic E-state index is 11.9. The Balaban J connectivity index is 1.65. The maximum Gasteiger partial charge on any atom is 0.242 e.